The molecular weight excluding hydrogens is 208 g/mol. The maximum atomic E-state index is 8.72. The molecule has 1 saturated carbocycles. The minimum absolute atomic E-state index is 0.605. The Morgan fingerprint density at radius 2 is 1.94 bits per heavy atom. The van der Waals surface area contributed by atoms with E-state index in [0.29, 0.717) is 6.04 Å². The van der Waals surface area contributed by atoms with Crippen molar-refractivity contribution in [2.45, 2.75) is 45.2 Å². The van der Waals surface area contributed by atoms with Crippen LogP contribution in [0.5, 0.6) is 0 Å². The second-order valence-electron chi connectivity index (χ2n) is 5.02. The topological polar surface area (TPSA) is 35.8 Å². The van der Waals surface area contributed by atoms with Crippen LogP contribution in [0.1, 0.15) is 43.7 Å². The number of hydrogen-bond acceptors (Lipinski definition) is 2. The van der Waals surface area contributed by atoms with Crippen LogP contribution in [-0.4, -0.2) is 6.04 Å². The smallest absolute Gasteiger partial charge is 0.0991 e. The fraction of sp³-hybridized carbons (Fsp3) is 0.533. The molecule has 17 heavy (non-hydrogen) atoms. The quantitative estimate of drug-likeness (QED) is 0.858. The fourth-order valence-electron chi connectivity index (χ4n) is 2.60. The summed E-state index contributed by atoms with van der Waals surface area (Å²) in [6, 6.07) is 10.6. The number of hydrogen-bond donors (Lipinski definition) is 1. The van der Waals surface area contributed by atoms with Gasteiger partial charge >= 0.3 is 0 Å². The van der Waals surface area contributed by atoms with Gasteiger partial charge in [0.1, 0.15) is 0 Å². The largest absolute Gasteiger partial charge is 0.310 e. The van der Waals surface area contributed by atoms with Gasteiger partial charge in [0, 0.05) is 12.6 Å². The van der Waals surface area contributed by atoms with Gasteiger partial charge in [-0.15, -0.1) is 0 Å². The molecule has 2 heteroatoms. The summed E-state index contributed by atoms with van der Waals surface area (Å²) in [4.78, 5) is 0. The van der Waals surface area contributed by atoms with Crippen LogP contribution in [0.25, 0.3) is 0 Å². The molecule has 0 aliphatic heterocycles. The lowest BCUT2D eigenvalue weighted by atomic mass is 9.99. The minimum atomic E-state index is 0.605. The summed E-state index contributed by atoms with van der Waals surface area (Å²) in [5.74, 6) is 0.855. The van der Waals surface area contributed by atoms with Gasteiger partial charge < -0.3 is 5.32 Å². The molecule has 1 unspecified atom stereocenters. The zero-order valence-electron chi connectivity index (χ0n) is 10.4. The van der Waals surface area contributed by atoms with Crippen LogP contribution in [0.15, 0.2) is 24.3 Å². The van der Waals surface area contributed by atoms with Crippen LogP contribution in [0, 0.1) is 17.2 Å². The summed E-state index contributed by atoms with van der Waals surface area (Å²) in [7, 11) is 0. The highest BCUT2D eigenvalue weighted by molar-refractivity contribution is 5.31. The third-order valence-electron chi connectivity index (χ3n) is 3.82. The maximum Gasteiger partial charge on any atom is 0.0991 e. The van der Waals surface area contributed by atoms with E-state index in [4.69, 9.17) is 5.26 Å². The van der Waals surface area contributed by atoms with Gasteiger partial charge in [-0.05, 0) is 43.4 Å². The first-order valence-electron chi connectivity index (χ1n) is 6.52. The van der Waals surface area contributed by atoms with Crippen molar-refractivity contribution in [3.8, 4) is 6.07 Å². The molecule has 1 aromatic carbocycles. The molecule has 0 bridgehead atoms. The zero-order valence-corrected chi connectivity index (χ0v) is 10.4. The van der Waals surface area contributed by atoms with Gasteiger partial charge in [-0.2, -0.15) is 5.26 Å². The van der Waals surface area contributed by atoms with E-state index in [1.54, 1.807) is 0 Å². The molecule has 1 aliphatic rings. The first-order valence-corrected chi connectivity index (χ1v) is 6.52. The van der Waals surface area contributed by atoms with Crippen molar-refractivity contribution in [1.29, 1.82) is 5.26 Å². The van der Waals surface area contributed by atoms with E-state index in [1.165, 1.54) is 31.2 Å². The SMILES string of the molecule is CC(NCc1ccc(C#N)cc1)C1CCCC1. The molecule has 1 aromatic rings. The minimum Gasteiger partial charge on any atom is -0.310 e. The van der Waals surface area contributed by atoms with E-state index in [2.05, 4.69) is 18.3 Å². The highest BCUT2D eigenvalue weighted by Crippen LogP contribution is 2.27. The molecule has 2 rings (SSSR count). The maximum absolute atomic E-state index is 8.72. The highest BCUT2D eigenvalue weighted by Gasteiger charge is 2.20. The molecule has 0 aromatic heterocycles. The number of rotatable bonds is 4. The average Bonchev–Trinajstić information content (AvgIpc) is 2.90. The molecule has 1 fully saturated rings. The number of nitrogens with one attached hydrogen (secondary N) is 1. The second-order valence-corrected chi connectivity index (χ2v) is 5.02. The van der Waals surface area contributed by atoms with E-state index in [-0.39, 0.29) is 0 Å². The van der Waals surface area contributed by atoms with Crippen LogP contribution < -0.4 is 5.32 Å². The van der Waals surface area contributed by atoms with Gasteiger partial charge in [-0.3, -0.25) is 0 Å². The van der Waals surface area contributed by atoms with E-state index in [1.807, 2.05) is 24.3 Å². The third-order valence-corrected chi connectivity index (χ3v) is 3.82. The van der Waals surface area contributed by atoms with E-state index < -0.39 is 0 Å². The number of benzene rings is 1. The van der Waals surface area contributed by atoms with Crippen LogP contribution in [-0.2, 0) is 6.54 Å². The molecule has 0 saturated heterocycles. The molecule has 0 heterocycles. The van der Waals surface area contributed by atoms with Crippen LogP contribution in [0.4, 0.5) is 0 Å². The lowest BCUT2D eigenvalue weighted by molar-refractivity contribution is 0.380. The molecule has 2 nitrogen and oxygen atoms in total. The van der Waals surface area contributed by atoms with Crippen molar-refractivity contribution in [2.24, 2.45) is 5.92 Å². The molecule has 0 spiro atoms. The van der Waals surface area contributed by atoms with Crippen molar-refractivity contribution in [3.05, 3.63) is 35.4 Å². The first-order chi connectivity index (χ1) is 8.29. The van der Waals surface area contributed by atoms with Crippen molar-refractivity contribution in [1.82, 2.24) is 5.32 Å². The fourth-order valence-corrected chi connectivity index (χ4v) is 2.60. The summed E-state index contributed by atoms with van der Waals surface area (Å²) in [5, 5.41) is 12.3. The molecule has 1 aliphatic carbocycles. The summed E-state index contributed by atoms with van der Waals surface area (Å²) in [6.45, 7) is 3.20. The van der Waals surface area contributed by atoms with Gasteiger partial charge in [-0.25, -0.2) is 0 Å². The van der Waals surface area contributed by atoms with E-state index in [9.17, 15) is 0 Å². The Bertz CT molecular complexity index is 382. The Hall–Kier alpha value is -1.33. The molecule has 0 radical (unpaired) electrons. The monoisotopic (exact) mass is 228 g/mol. The van der Waals surface area contributed by atoms with E-state index in [0.717, 1.165) is 18.0 Å². The highest BCUT2D eigenvalue weighted by atomic mass is 14.9. The zero-order chi connectivity index (χ0) is 12.1. The first kappa shape index (κ1) is 12.1. The second kappa shape index (κ2) is 5.84. The summed E-state index contributed by atoms with van der Waals surface area (Å²) in [6.07, 6.45) is 5.55. The Morgan fingerprint density at radius 1 is 1.29 bits per heavy atom. The van der Waals surface area contributed by atoms with Gasteiger partial charge in [0.05, 0.1) is 11.6 Å². The lowest BCUT2D eigenvalue weighted by Crippen LogP contribution is -2.31. The Balaban J connectivity index is 1.82. The van der Waals surface area contributed by atoms with Crippen LogP contribution >= 0.6 is 0 Å². The van der Waals surface area contributed by atoms with Gasteiger partial charge in [-0.1, -0.05) is 25.0 Å². The Kier molecular flexibility index (Phi) is 4.17. The summed E-state index contributed by atoms with van der Waals surface area (Å²) >= 11 is 0. The normalized spacial score (nSPS) is 17.9. The van der Waals surface area contributed by atoms with Gasteiger partial charge in [0.2, 0.25) is 0 Å². The average molecular weight is 228 g/mol. The summed E-state index contributed by atoms with van der Waals surface area (Å²) in [5.41, 5.74) is 1.99. The predicted octanol–water partition coefficient (Wildman–Crippen LogP) is 3.23. The molecule has 1 N–H and O–H groups in total. The lowest BCUT2D eigenvalue weighted by Gasteiger charge is -2.20. The van der Waals surface area contributed by atoms with Gasteiger partial charge in [0.25, 0.3) is 0 Å². The van der Waals surface area contributed by atoms with Crippen LogP contribution in [0.2, 0.25) is 0 Å². The molecule has 0 amide bonds. The van der Waals surface area contributed by atoms with Crippen molar-refractivity contribution < 1.29 is 0 Å². The van der Waals surface area contributed by atoms with Crippen molar-refractivity contribution >= 4 is 0 Å². The van der Waals surface area contributed by atoms with Gasteiger partial charge in [0.15, 0.2) is 0 Å². The Labute approximate surface area is 104 Å². The number of nitriles is 1. The third kappa shape index (κ3) is 3.31. The number of nitrogens with zero attached hydrogens (tertiary/aromatic N) is 1. The Morgan fingerprint density at radius 3 is 2.53 bits per heavy atom. The standard InChI is InChI=1S/C15H20N2/c1-12(15-4-2-3-5-15)17-11-14-8-6-13(10-16)7-9-14/h6-9,12,15,17H,2-5,11H2,1H3. The van der Waals surface area contributed by atoms with E-state index >= 15 is 0 Å². The predicted molar refractivity (Wildman–Crippen MR) is 69.4 cm³/mol. The summed E-state index contributed by atoms with van der Waals surface area (Å²) < 4.78 is 0. The molecular formula is C15H20N2. The van der Waals surface area contributed by atoms with Crippen molar-refractivity contribution in [3.63, 3.8) is 0 Å². The molecule has 90 valence electrons. The van der Waals surface area contributed by atoms with Crippen LogP contribution in [0.3, 0.4) is 0 Å². The molecule has 1 atom stereocenters. The van der Waals surface area contributed by atoms with Crippen molar-refractivity contribution in [2.75, 3.05) is 0 Å².